The second kappa shape index (κ2) is 11.2. The number of hydrogen-bond donors (Lipinski definition) is 1. The molecular weight excluding hydrogens is 286 g/mol. The van der Waals surface area contributed by atoms with Crippen LogP contribution in [0.1, 0.15) is 48.0 Å². The average molecular weight is 317 g/mol. The Morgan fingerprint density at radius 2 is 1.57 bits per heavy atom. The van der Waals surface area contributed by atoms with Crippen molar-refractivity contribution in [3.8, 4) is 0 Å². The van der Waals surface area contributed by atoms with Crippen LogP contribution in [0.2, 0.25) is 0 Å². The number of nitrogens with one attached hydrogen (secondary N) is 1. The van der Waals surface area contributed by atoms with Crippen LogP contribution in [-0.2, 0) is 4.74 Å². The van der Waals surface area contributed by atoms with E-state index < -0.39 is 23.7 Å². The third-order valence-corrected chi connectivity index (χ3v) is 3.24. The Bertz CT molecular complexity index is 250. The molecule has 2 aliphatic rings. The van der Waals surface area contributed by atoms with E-state index in [2.05, 4.69) is 10.1 Å². The SMILES string of the molecule is CC.CC.CC1CNCC1(F)F.CCC1COCC1(F)F. The first-order chi connectivity index (χ1) is 9.79. The van der Waals surface area contributed by atoms with Gasteiger partial charge in [0.15, 0.2) is 0 Å². The van der Waals surface area contributed by atoms with Crippen molar-refractivity contribution < 1.29 is 22.3 Å². The van der Waals surface area contributed by atoms with Gasteiger partial charge in [0.1, 0.15) is 6.61 Å². The van der Waals surface area contributed by atoms with Crippen molar-refractivity contribution in [1.29, 1.82) is 0 Å². The molecule has 0 aromatic heterocycles. The topological polar surface area (TPSA) is 21.3 Å². The van der Waals surface area contributed by atoms with Crippen LogP contribution < -0.4 is 5.32 Å². The Balaban J connectivity index is 0. The molecule has 2 atom stereocenters. The second-order valence-electron chi connectivity index (χ2n) is 4.67. The van der Waals surface area contributed by atoms with Crippen molar-refractivity contribution in [2.75, 3.05) is 26.3 Å². The van der Waals surface area contributed by atoms with Crippen LogP contribution in [0.5, 0.6) is 0 Å². The molecule has 2 heterocycles. The Morgan fingerprint density at radius 3 is 1.71 bits per heavy atom. The van der Waals surface area contributed by atoms with Crippen molar-refractivity contribution in [1.82, 2.24) is 5.32 Å². The monoisotopic (exact) mass is 317 g/mol. The molecule has 2 nitrogen and oxygen atoms in total. The number of ether oxygens (including phenoxy) is 1. The summed E-state index contributed by atoms with van der Waals surface area (Å²) >= 11 is 0. The van der Waals surface area contributed by atoms with Crippen molar-refractivity contribution >= 4 is 0 Å². The predicted molar refractivity (Wildman–Crippen MR) is 79.2 cm³/mol. The van der Waals surface area contributed by atoms with E-state index in [0.717, 1.165) is 0 Å². The highest BCUT2D eigenvalue weighted by Crippen LogP contribution is 2.32. The zero-order valence-electron chi connectivity index (χ0n) is 14.1. The van der Waals surface area contributed by atoms with E-state index in [1.165, 1.54) is 0 Å². The van der Waals surface area contributed by atoms with Gasteiger partial charge in [-0.1, -0.05) is 41.5 Å². The Labute approximate surface area is 126 Å². The highest BCUT2D eigenvalue weighted by molar-refractivity contribution is 4.84. The molecule has 2 rings (SSSR count). The fourth-order valence-corrected chi connectivity index (χ4v) is 1.77. The van der Waals surface area contributed by atoms with E-state index in [1.54, 1.807) is 13.8 Å². The molecule has 0 aliphatic carbocycles. The summed E-state index contributed by atoms with van der Waals surface area (Å²) < 4.78 is 54.1. The van der Waals surface area contributed by atoms with Gasteiger partial charge >= 0.3 is 0 Å². The van der Waals surface area contributed by atoms with E-state index in [9.17, 15) is 17.6 Å². The predicted octanol–water partition coefficient (Wildman–Crippen LogP) is 4.59. The maximum absolute atomic E-state index is 12.5. The minimum atomic E-state index is -2.56. The van der Waals surface area contributed by atoms with Crippen LogP contribution in [0.15, 0.2) is 0 Å². The Kier molecular flexibility index (Phi) is 12.3. The Hall–Kier alpha value is -0.360. The quantitative estimate of drug-likeness (QED) is 0.714. The molecule has 0 aromatic carbocycles. The van der Waals surface area contributed by atoms with Crippen molar-refractivity contribution in [2.45, 2.75) is 59.8 Å². The van der Waals surface area contributed by atoms with E-state index in [1.807, 2.05) is 27.7 Å². The number of halogens is 4. The third-order valence-electron chi connectivity index (χ3n) is 3.24. The molecule has 0 radical (unpaired) electrons. The molecule has 1 N–H and O–H groups in total. The molecule has 0 amide bonds. The van der Waals surface area contributed by atoms with Gasteiger partial charge in [-0.05, 0) is 6.42 Å². The molecule has 0 bridgehead atoms. The molecule has 0 aromatic rings. The van der Waals surface area contributed by atoms with Gasteiger partial charge in [-0.3, -0.25) is 0 Å². The first-order valence-electron chi connectivity index (χ1n) is 7.83. The van der Waals surface area contributed by atoms with Crippen LogP contribution in [0.3, 0.4) is 0 Å². The molecule has 0 spiro atoms. The number of alkyl halides is 4. The lowest BCUT2D eigenvalue weighted by Crippen LogP contribution is -2.25. The minimum absolute atomic E-state index is 0.145. The highest BCUT2D eigenvalue weighted by atomic mass is 19.3. The summed E-state index contributed by atoms with van der Waals surface area (Å²) in [7, 11) is 0. The van der Waals surface area contributed by atoms with Gasteiger partial charge in [-0.2, -0.15) is 0 Å². The van der Waals surface area contributed by atoms with E-state index in [0.29, 0.717) is 13.0 Å². The number of rotatable bonds is 1. The second-order valence-corrected chi connectivity index (χ2v) is 4.67. The molecule has 0 saturated carbocycles. The van der Waals surface area contributed by atoms with Crippen molar-refractivity contribution in [3.05, 3.63) is 0 Å². The van der Waals surface area contributed by atoms with Crippen LogP contribution in [0.4, 0.5) is 17.6 Å². The molecule has 2 unspecified atom stereocenters. The summed E-state index contributed by atoms with van der Waals surface area (Å²) in [4.78, 5) is 0. The minimum Gasteiger partial charge on any atom is -0.375 e. The van der Waals surface area contributed by atoms with Gasteiger partial charge in [-0.15, -0.1) is 0 Å². The largest absolute Gasteiger partial charge is 0.375 e. The lowest BCUT2D eigenvalue weighted by Gasteiger charge is -2.13. The van der Waals surface area contributed by atoms with Gasteiger partial charge < -0.3 is 10.1 Å². The van der Waals surface area contributed by atoms with Crippen LogP contribution in [-0.4, -0.2) is 38.1 Å². The molecular formula is C15H31F4NO. The maximum Gasteiger partial charge on any atom is 0.275 e. The summed E-state index contributed by atoms with van der Waals surface area (Å²) in [5.74, 6) is -6.05. The van der Waals surface area contributed by atoms with Crippen molar-refractivity contribution in [2.24, 2.45) is 11.8 Å². The van der Waals surface area contributed by atoms with Gasteiger partial charge in [0.05, 0.1) is 13.2 Å². The normalized spacial score (nSPS) is 28.3. The van der Waals surface area contributed by atoms with Gasteiger partial charge in [0, 0.05) is 18.4 Å². The zero-order valence-corrected chi connectivity index (χ0v) is 14.1. The maximum atomic E-state index is 12.5. The van der Waals surface area contributed by atoms with Crippen LogP contribution in [0.25, 0.3) is 0 Å². The first kappa shape index (κ1) is 22.9. The standard InChI is InChI=1S/C6H10F2O.C5H9F2N.2C2H6/c1-2-5-3-9-4-6(5,7)8;1-4-2-8-3-5(4,6)7;2*1-2/h5H,2-4H2,1H3;4,8H,2-3H2,1H3;2*1-2H3. The summed E-state index contributed by atoms with van der Waals surface area (Å²) in [5, 5.41) is 2.61. The van der Waals surface area contributed by atoms with E-state index in [-0.39, 0.29) is 19.8 Å². The van der Waals surface area contributed by atoms with Gasteiger partial charge in [0.2, 0.25) is 0 Å². The summed E-state index contributed by atoms with van der Waals surface area (Å²) in [6.07, 6.45) is 0.507. The lowest BCUT2D eigenvalue weighted by atomic mass is 10.0. The highest BCUT2D eigenvalue weighted by Gasteiger charge is 2.43. The average Bonchev–Trinajstić information content (AvgIpc) is 2.96. The fraction of sp³-hybridized carbons (Fsp3) is 1.00. The first-order valence-corrected chi connectivity index (χ1v) is 7.83. The van der Waals surface area contributed by atoms with Crippen molar-refractivity contribution in [3.63, 3.8) is 0 Å². The molecule has 6 heteroatoms. The number of hydrogen-bond acceptors (Lipinski definition) is 2. The van der Waals surface area contributed by atoms with Gasteiger partial charge in [0.25, 0.3) is 11.8 Å². The van der Waals surface area contributed by atoms with Crippen LogP contribution >= 0.6 is 0 Å². The lowest BCUT2D eigenvalue weighted by molar-refractivity contribution is -0.0373. The molecule has 21 heavy (non-hydrogen) atoms. The summed E-state index contributed by atoms with van der Waals surface area (Å²) in [5.41, 5.74) is 0. The smallest absolute Gasteiger partial charge is 0.275 e. The van der Waals surface area contributed by atoms with Crippen LogP contribution in [0, 0.1) is 11.8 Å². The molecule has 2 saturated heterocycles. The molecule has 2 fully saturated rings. The van der Waals surface area contributed by atoms with E-state index >= 15 is 0 Å². The van der Waals surface area contributed by atoms with E-state index in [4.69, 9.17) is 0 Å². The van der Waals surface area contributed by atoms with Gasteiger partial charge in [-0.25, -0.2) is 17.6 Å². The summed E-state index contributed by atoms with van der Waals surface area (Å²) in [6, 6.07) is 0. The molecule has 130 valence electrons. The molecule has 2 aliphatic heterocycles. The Morgan fingerprint density at radius 1 is 1.05 bits per heavy atom. The fourth-order valence-electron chi connectivity index (χ4n) is 1.77. The zero-order chi connectivity index (χ0) is 17.1. The summed E-state index contributed by atoms with van der Waals surface area (Å²) in [6.45, 7) is 11.5. The third kappa shape index (κ3) is 8.00.